The van der Waals surface area contributed by atoms with E-state index in [0.717, 1.165) is 12.1 Å². The summed E-state index contributed by atoms with van der Waals surface area (Å²) in [5, 5.41) is 0. The maximum absolute atomic E-state index is 14.1. The van der Waals surface area contributed by atoms with Crippen molar-refractivity contribution in [2.24, 2.45) is 5.73 Å². The SMILES string of the molecule is CC(C)N1c2cc(F)c(CN)cc2[C@@H](C)CC1(C)C. The third-order valence-corrected chi connectivity index (χ3v) is 4.18. The van der Waals surface area contributed by atoms with Crippen LogP contribution in [0.25, 0.3) is 0 Å². The van der Waals surface area contributed by atoms with Gasteiger partial charge < -0.3 is 10.6 Å². The summed E-state index contributed by atoms with van der Waals surface area (Å²) in [6, 6.07) is 3.99. The molecule has 1 aromatic rings. The van der Waals surface area contributed by atoms with Gasteiger partial charge in [0.2, 0.25) is 0 Å². The van der Waals surface area contributed by atoms with E-state index in [0.29, 0.717) is 17.5 Å². The highest BCUT2D eigenvalue weighted by Gasteiger charge is 2.38. The molecule has 1 aliphatic rings. The van der Waals surface area contributed by atoms with Crippen molar-refractivity contribution in [2.45, 2.75) is 65.1 Å². The number of fused-ring (bicyclic) bond motifs is 1. The van der Waals surface area contributed by atoms with E-state index in [1.54, 1.807) is 6.07 Å². The van der Waals surface area contributed by atoms with Crippen LogP contribution in [0, 0.1) is 5.82 Å². The predicted octanol–water partition coefficient (Wildman–Crippen LogP) is 3.79. The first-order valence-electron chi connectivity index (χ1n) is 7.09. The van der Waals surface area contributed by atoms with Gasteiger partial charge in [-0.05, 0) is 57.7 Å². The molecule has 0 aromatic heterocycles. The zero-order valence-electron chi connectivity index (χ0n) is 12.6. The highest BCUT2D eigenvalue weighted by Crippen LogP contribution is 2.45. The molecule has 1 aliphatic heterocycles. The lowest BCUT2D eigenvalue weighted by Crippen LogP contribution is -2.52. The fraction of sp³-hybridized carbons (Fsp3) is 0.625. The Labute approximate surface area is 115 Å². The average molecular weight is 264 g/mol. The van der Waals surface area contributed by atoms with Crippen LogP contribution in [0.2, 0.25) is 0 Å². The minimum Gasteiger partial charge on any atom is -0.364 e. The van der Waals surface area contributed by atoms with Crippen LogP contribution in [0.3, 0.4) is 0 Å². The van der Waals surface area contributed by atoms with Gasteiger partial charge in [-0.3, -0.25) is 0 Å². The van der Waals surface area contributed by atoms with Gasteiger partial charge in [0.05, 0.1) is 0 Å². The lowest BCUT2D eigenvalue weighted by Gasteiger charge is -2.50. The molecule has 106 valence electrons. The fourth-order valence-electron chi connectivity index (χ4n) is 3.65. The summed E-state index contributed by atoms with van der Waals surface area (Å²) < 4.78 is 14.1. The molecule has 0 bridgehead atoms. The molecule has 19 heavy (non-hydrogen) atoms. The quantitative estimate of drug-likeness (QED) is 0.880. The molecule has 2 N–H and O–H groups in total. The molecule has 0 amide bonds. The monoisotopic (exact) mass is 264 g/mol. The maximum atomic E-state index is 14.1. The molecule has 0 aliphatic carbocycles. The Kier molecular flexibility index (Phi) is 3.61. The van der Waals surface area contributed by atoms with E-state index in [4.69, 9.17) is 5.73 Å². The molecule has 0 saturated carbocycles. The van der Waals surface area contributed by atoms with Crippen molar-refractivity contribution in [3.05, 3.63) is 29.1 Å². The van der Waals surface area contributed by atoms with Crippen molar-refractivity contribution in [1.29, 1.82) is 0 Å². The van der Waals surface area contributed by atoms with Crippen molar-refractivity contribution in [3.63, 3.8) is 0 Å². The van der Waals surface area contributed by atoms with Crippen LogP contribution < -0.4 is 10.6 Å². The Morgan fingerprint density at radius 3 is 2.58 bits per heavy atom. The molecule has 1 heterocycles. The Balaban J connectivity index is 2.62. The molecule has 0 unspecified atom stereocenters. The van der Waals surface area contributed by atoms with Gasteiger partial charge >= 0.3 is 0 Å². The third kappa shape index (κ3) is 2.36. The maximum Gasteiger partial charge on any atom is 0.129 e. The normalized spacial score (nSPS) is 21.7. The molecule has 0 fully saturated rings. The largest absolute Gasteiger partial charge is 0.364 e. The molecular formula is C16H25FN2. The number of nitrogens with zero attached hydrogens (tertiary/aromatic N) is 1. The first-order valence-corrected chi connectivity index (χ1v) is 7.09. The predicted molar refractivity (Wildman–Crippen MR) is 79.0 cm³/mol. The molecule has 1 aromatic carbocycles. The molecule has 0 spiro atoms. The zero-order valence-corrected chi connectivity index (χ0v) is 12.6. The summed E-state index contributed by atoms with van der Waals surface area (Å²) in [6.07, 6.45) is 1.08. The van der Waals surface area contributed by atoms with E-state index in [1.807, 2.05) is 6.07 Å². The molecule has 0 saturated heterocycles. The number of hydrogen-bond donors (Lipinski definition) is 1. The summed E-state index contributed by atoms with van der Waals surface area (Å²) in [4.78, 5) is 2.34. The van der Waals surface area contributed by atoms with Crippen molar-refractivity contribution in [2.75, 3.05) is 4.90 Å². The van der Waals surface area contributed by atoms with Crippen LogP contribution >= 0.6 is 0 Å². The van der Waals surface area contributed by atoms with Crippen LogP contribution in [-0.4, -0.2) is 11.6 Å². The highest BCUT2D eigenvalue weighted by atomic mass is 19.1. The van der Waals surface area contributed by atoms with Gasteiger partial charge in [-0.1, -0.05) is 6.92 Å². The van der Waals surface area contributed by atoms with Gasteiger partial charge in [-0.2, -0.15) is 0 Å². The van der Waals surface area contributed by atoms with Crippen LogP contribution in [0.5, 0.6) is 0 Å². The molecule has 3 heteroatoms. The Hall–Kier alpha value is -1.09. The van der Waals surface area contributed by atoms with Gasteiger partial charge in [0.15, 0.2) is 0 Å². The first kappa shape index (κ1) is 14.3. The summed E-state index contributed by atoms with van der Waals surface area (Å²) in [6.45, 7) is 11.3. The topological polar surface area (TPSA) is 29.3 Å². The number of halogens is 1. The molecule has 2 rings (SSSR count). The number of nitrogens with two attached hydrogens (primary N) is 1. The first-order chi connectivity index (χ1) is 8.77. The summed E-state index contributed by atoms with van der Waals surface area (Å²) in [7, 11) is 0. The molecular weight excluding hydrogens is 239 g/mol. The van der Waals surface area contributed by atoms with Crippen LogP contribution in [0.1, 0.15) is 58.1 Å². The van der Waals surface area contributed by atoms with Crippen molar-refractivity contribution >= 4 is 5.69 Å². The number of hydrogen-bond acceptors (Lipinski definition) is 2. The summed E-state index contributed by atoms with van der Waals surface area (Å²) in [5.74, 6) is 0.253. The molecule has 1 atom stereocenters. The second kappa shape index (κ2) is 4.78. The minimum atomic E-state index is -0.184. The number of anilines is 1. The number of benzene rings is 1. The van der Waals surface area contributed by atoms with Crippen molar-refractivity contribution in [3.8, 4) is 0 Å². The fourth-order valence-corrected chi connectivity index (χ4v) is 3.65. The average Bonchev–Trinajstić information content (AvgIpc) is 2.26. The Morgan fingerprint density at radius 1 is 1.42 bits per heavy atom. The van der Waals surface area contributed by atoms with Gasteiger partial charge in [0, 0.05) is 29.4 Å². The standard InChI is InChI=1S/C16H25FN2/c1-10(2)19-15-7-14(17)12(9-18)6-13(15)11(3)8-16(19,4)5/h6-7,10-11H,8-9,18H2,1-5H3/t11-/m0/s1. The van der Waals surface area contributed by atoms with E-state index in [-0.39, 0.29) is 17.9 Å². The zero-order chi connectivity index (χ0) is 14.4. The van der Waals surface area contributed by atoms with Crippen LogP contribution in [-0.2, 0) is 6.54 Å². The van der Waals surface area contributed by atoms with E-state index < -0.39 is 0 Å². The molecule has 0 radical (unpaired) electrons. The lowest BCUT2D eigenvalue weighted by atomic mass is 9.78. The smallest absolute Gasteiger partial charge is 0.129 e. The minimum absolute atomic E-state index is 0.0528. The lowest BCUT2D eigenvalue weighted by molar-refractivity contribution is 0.355. The van der Waals surface area contributed by atoms with Crippen LogP contribution in [0.4, 0.5) is 10.1 Å². The third-order valence-electron chi connectivity index (χ3n) is 4.18. The Bertz CT molecular complexity index is 480. The van der Waals surface area contributed by atoms with Gasteiger partial charge in [0.25, 0.3) is 0 Å². The van der Waals surface area contributed by atoms with E-state index in [2.05, 4.69) is 39.5 Å². The van der Waals surface area contributed by atoms with Crippen molar-refractivity contribution in [1.82, 2.24) is 0 Å². The Morgan fingerprint density at radius 2 is 2.05 bits per heavy atom. The highest BCUT2D eigenvalue weighted by molar-refractivity contribution is 5.61. The number of rotatable bonds is 2. The van der Waals surface area contributed by atoms with E-state index >= 15 is 0 Å². The molecule has 2 nitrogen and oxygen atoms in total. The van der Waals surface area contributed by atoms with Gasteiger partial charge in [0.1, 0.15) is 5.82 Å². The van der Waals surface area contributed by atoms with Crippen molar-refractivity contribution < 1.29 is 4.39 Å². The second-order valence-corrected chi connectivity index (χ2v) is 6.59. The summed E-state index contributed by atoms with van der Waals surface area (Å²) in [5.41, 5.74) is 8.56. The van der Waals surface area contributed by atoms with Gasteiger partial charge in [-0.25, -0.2) is 4.39 Å². The van der Waals surface area contributed by atoms with Crippen LogP contribution in [0.15, 0.2) is 12.1 Å². The second-order valence-electron chi connectivity index (χ2n) is 6.59. The van der Waals surface area contributed by atoms with E-state index in [9.17, 15) is 4.39 Å². The van der Waals surface area contributed by atoms with E-state index in [1.165, 1.54) is 5.56 Å². The van der Waals surface area contributed by atoms with Gasteiger partial charge in [-0.15, -0.1) is 0 Å². The summed E-state index contributed by atoms with van der Waals surface area (Å²) >= 11 is 0.